The van der Waals surface area contributed by atoms with Crippen molar-refractivity contribution >= 4 is 23.8 Å². The number of rotatable bonds is 9. The maximum atomic E-state index is 13.2. The number of hydrogen-bond acceptors (Lipinski definition) is 6. The van der Waals surface area contributed by atoms with Crippen molar-refractivity contribution in [2.75, 3.05) is 26.4 Å². The van der Waals surface area contributed by atoms with E-state index in [-0.39, 0.29) is 25.0 Å². The zero-order chi connectivity index (χ0) is 23.1. The van der Waals surface area contributed by atoms with E-state index in [4.69, 9.17) is 14.2 Å². The molecule has 0 saturated carbocycles. The Hall–Kier alpha value is -3.61. The lowest BCUT2D eigenvalue weighted by molar-refractivity contribution is -0.142. The SMILES string of the molecule is CCOc1ccc(/C=C2\N=C(c3ccccc3C)N(CCOC(C)=O)C2=O)cc1OCC. The van der Waals surface area contributed by atoms with Gasteiger partial charge < -0.3 is 14.2 Å². The minimum absolute atomic E-state index is 0.0940. The smallest absolute Gasteiger partial charge is 0.302 e. The van der Waals surface area contributed by atoms with E-state index in [0.29, 0.717) is 36.2 Å². The summed E-state index contributed by atoms with van der Waals surface area (Å²) in [4.78, 5) is 30.6. The number of aryl methyl sites for hydroxylation is 1. The van der Waals surface area contributed by atoms with E-state index in [0.717, 1.165) is 16.7 Å². The van der Waals surface area contributed by atoms with Gasteiger partial charge in [-0.1, -0.05) is 30.3 Å². The average Bonchev–Trinajstić information content (AvgIpc) is 3.06. The molecule has 0 radical (unpaired) electrons. The summed E-state index contributed by atoms with van der Waals surface area (Å²) in [5.74, 6) is 1.18. The molecule has 0 spiro atoms. The second-order valence-electron chi connectivity index (χ2n) is 7.15. The van der Waals surface area contributed by atoms with Crippen LogP contribution in [0.2, 0.25) is 0 Å². The van der Waals surface area contributed by atoms with Crippen molar-refractivity contribution in [3.63, 3.8) is 0 Å². The van der Waals surface area contributed by atoms with Gasteiger partial charge in [0.25, 0.3) is 5.91 Å². The molecule has 0 saturated heterocycles. The van der Waals surface area contributed by atoms with Crippen LogP contribution in [0.25, 0.3) is 6.08 Å². The van der Waals surface area contributed by atoms with E-state index in [2.05, 4.69) is 4.99 Å². The lowest BCUT2D eigenvalue weighted by Crippen LogP contribution is -2.36. The molecule has 0 bridgehead atoms. The highest BCUT2D eigenvalue weighted by molar-refractivity contribution is 6.20. The number of hydrogen-bond donors (Lipinski definition) is 0. The molecule has 7 nitrogen and oxygen atoms in total. The van der Waals surface area contributed by atoms with E-state index < -0.39 is 0 Å². The molecule has 0 fully saturated rings. The third-order valence-corrected chi connectivity index (χ3v) is 4.82. The fourth-order valence-electron chi connectivity index (χ4n) is 3.38. The standard InChI is InChI=1S/C25H28N2O5/c1-5-30-22-12-11-19(16-23(22)31-6-2)15-21-25(29)27(13-14-32-18(4)28)24(26-21)20-10-8-7-9-17(20)3/h7-12,15-16H,5-6,13-14H2,1-4H3/b21-15-. The summed E-state index contributed by atoms with van der Waals surface area (Å²) < 4.78 is 16.4. The number of nitrogens with zero attached hydrogens (tertiary/aromatic N) is 2. The number of benzene rings is 2. The van der Waals surface area contributed by atoms with Crippen LogP contribution in [0.4, 0.5) is 0 Å². The summed E-state index contributed by atoms with van der Waals surface area (Å²) >= 11 is 0. The van der Waals surface area contributed by atoms with Crippen LogP contribution in [0.1, 0.15) is 37.5 Å². The molecule has 168 valence electrons. The quantitative estimate of drug-likeness (QED) is 0.439. The fourth-order valence-corrected chi connectivity index (χ4v) is 3.38. The highest BCUT2D eigenvalue weighted by atomic mass is 16.5. The average molecular weight is 437 g/mol. The Morgan fingerprint density at radius 1 is 1.06 bits per heavy atom. The molecule has 2 aromatic rings. The van der Waals surface area contributed by atoms with Crippen molar-refractivity contribution in [2.45, 2.75) is 27.7 Å². The van der Waals surface area contributed by atoms with Crippen LogP contribution < -0.4 is 9.47 Å². The van der Waals surface area contributed by atoms with Crippen LogP contribution in [0.5, 0.6) is 11.5 Å². The third-order valence-electron chi connectivity index (χ3n) is 4.82. The molecular weight excluding hydrogens is 408 g/mol. The van der Waals surface area contributed by atoms with Crippen LogP contribution in [0, 0.1) is 6.92 Å². The monoisotopic (exact) mass is 436 g/mol. The maximum Gasteiger partial charge on any atom is 0.302 e. The Kier molecular flexibility index (Phi) is 7.65. The molecule has 1 aliphatic heterocycles. The largest absolute Gasteiger partial charge is 0.490 e. The minimum atomic E-state index is -0.389. The first-order valence-electron chi connectivity index (χ1n) is 10.7. The maximum absolute atomic E-state index is 13.2. The Balaban J connectivity index is 1.97. The first-order chi connectivity index (χ1) is 15.4. The summed E-state index contributed by atoms with van der Waals surface area (Å²) in [5.41, 5.74) is 2.93. The Morgan fingerprint density at radius 2 is 1.78 bits per heavy atom. The predicted molar refractivity (Wildman–Crippen MR) is 123 cm³/mol. The van der Waals surface area contributed by atoms with E-state index in [1.165, 1.54) is 6.92 Å². The third kappa shape index (κ3) is 5.35. The highest BCUT2D eigenvalue weighted by Crippen LogP contribution is 2.30. The van der Waals surface area contributed by atoms with Gasteiger partial charge >= 0.3 is 5.97 Å². The number of aliphatic imine (C=N–C) groups is 1. The van der Waals surface area contributed by atoms with Gasteiger partial charge in [0.1, 0.15) is 18.1 Å². The van der Waals surface area contributed by atoms with E-state index in [9.17, 15) is 9.59 Å². The molecule has 0 N–H and O–H groups in total. The van der Waals surface area contributed by atoms with Crippen molar-refractivity contribution in [3.05, 3.63) is 64.9 Å². The highest BCUT2D eigenvalue weighted by Gasteiger charge is 2.31. The molecule has 3 rings (SSSR count). The van der Waals surface area contributed by atoms with Crippen molar-refractivity contribution < 1.29 is 23.8 Å². The molecule has 0 aliphatic carbocycles. The number of carbonyl (C=O) groups excluding carboxylic acids is 2. The Morgan fingerprint density at radius 3 is 2.47 bits per heavy atom. The number of amides is 1. The molecule has 2 aromatic carbocycles. The van der Waals surface area contributed by atoms with Gasteiger partial charge in [0, 0.05) is 12.5 Å². The fraction of sp³-hybridized carbons (Fsp3) is 0.320. The van der Waals surface area contributed by atoms with Crippen LogP contribution in [-0.2, 0) is 14.3 Å². The topological polar surface area (TPSA) is 77.4 Å². The molecule has 1 aliphatic rings. The second kappa shape index (κ2) is 10.6. The molecule has 1 amide bonds. The number of esters is 1. The van der Waals surface area contributed by atoms with Crippen LogP contribution in [0.3, 0.4) is 0 Å². The number of ether oxygens (including phenoxy) is 3. The zero-order valence-electron chi connectivity index (χ0n) is 18.9. The molecule has 0 atom stereocenters. The van der Waals surface area contributed by atoms with Crippen molar-refractivity contribution in [1.82, 2.24) is 4.90 Å². The van der Waals surface area contributed by atoms with Crippen molar-refractivity contribution in [3.8, 4) is 11.5 Å². The lowest BCUT2D eigenvalue weighted by Gasteiger charge is -2.19. The Bertz CT molecular complexity index is 1060. The van der Waals surface area contributed by atoms with Gasteiger partial charge in [0.15, 0.2) is 11.5 Å². The molecular formula is C25H28N2O5. The minimum Gasteiger partial charge on any atom is -0.490 e. The van der Waals surface area contributed by atoms with E-state index >= 15 is 0 Å². The molecule has 1 heterocycles. The lowest BCUT2D eigenvalue weighted by atomic mass is 10.1. The van der Waals surface area contributed by atoms with Gasteiger partial charge in [0.2, 0.25) is 0 Å². The predicted octanol–water partition coefficient (Wildman–Crippen LogP) is 3.99. The van der Waals surface area contributed by atoms with Gasteiger partial charge in [-0.25, -0.2) is 4.99 Å². The molecule has 0 unspecified atom stereocenters. The summed E-state index contributed by atoms with van der Waals surface area (Å²) in [6.07, 6.45) is 1.73. The summed E-state index contributed by atoms with van der Waals surface area (Å²) in [6.45, 7) is 8.46. The first kappa shape index (κ1) is 23.1. The van der Waals surface area contributed by atoms with E-state index in [1.807, 2.05) is 63.2 Å². The number of carbonyl (C=O) groups is 2. The van der Waals surface area contributed by atoms with Crippen molar-refractivity contribution in [2.24, 2.45) is 4.99 Å². The Labute approximate surface area is 188 Å². The summed E-state index contributed by atoms with van der Waals surface area (Å²) in [5, 5.41) is 0. The van der Waals surface area contributed by atoms with Gasteiger partial charge in [-0.3, -0.25) is 14.5 Å². The number of amidine groups is 1. The molecule has 0 aromatic heterocycles. The summed E-state index contributed by atoms with van der Waals surface area (Å²) in [7, 11) is 0. The molecule has 7 heteroatoms. The second-order valence-corrected chi connectivity index (χ2v) is 7.15. The van der Waals surface area contributed by atoms with Gasteiger partial charge in [-0.05, 0) is 50.1 Å². The van der Waals surface area contributed by atoms with Crippen LogP contribution in [-0.4, -0.2) is 49.0 Å². The zero-order valence-corrected chi connectivity index (χ0v) is 18.9. The van der Waals surface area contributed by atoms with Crippen LogP contribution in [0.15, 0.2) is 53.2 Å². The van der Waals surface area contributed by atoms with Crippen molar-refractivity contribution in [1.29, 1.82) is 0 Å². The van der Waals surface area contributed by atoms with E-state index in [1.54, 1.807) is 11.0 Å². The van der Waals surface area contributed by atoms with Crippen LogP contribution >= 0.6 is 0 Å². The first-order valence-corrected chi connectivity index (χ1v) is 10.7. The van der Waals surface area contributed by atoms with Gasteiger partial charge in [-0.2, -0.15) is 0 Å². The summed E-state index contributed by atoms with van der Waals surface area (Å²) in [6, 6.07) is 13.2. The normalized spacial score (nSPS) is 14.5. The van der Waals surface area contributed by atoms with Gasteiger partial charge in [-0.15, -0.1) is 0 Å². The van der Waals surface area contributed by atoms with Gasteiger partial charge in [0.05, 0.1) is 19.8 Å². The molecule has 32 heavy (non-hydrogen) atoms.